The van der Waals surface area contributed by atoms with Gasteiger partial charge in [0, 0.05) is 31.2 Å². The van der Waals surface area contributed by atoms with E-state index in [0.29, 0.717) is 12.5 Å². The molecule has 0 atom stereocenters. The van der Waals surface area contributed by atoms with E-state index in [2.05, 4.69) is 13.8 Å². The molecule has 0 radical (unpaired) electrons. The number of carbonyl (C=O) groups is 1. The van der Waals surface area contributed by atoms with Crippen molar-refractivity contribution < 1.29 is 22.3 Å². The van der Waals surface area contributed by atoms with Gasteiger partial charge in [-0.25, -0.2) is 12.8 Å². The van der Waals surface area contributed by atoms with Crippen LogP contribution in [0.4, 0.5) is 4.39 Å². The molecule has 1 aliphatic heterocycles. The predicted octanol–water partition coefficient (Wildman–Crippen LogP) is 2.50. The predicted molar refractivity (Wildman–Crippen MR) is 99.5 cm³/mol. The Hall–Kier alpha value is -1.51. The number of benzene rings is 1. The lowest BCUT2D eigenvalue weighted by Gasteiger charge is -2.27. The van der Waals surface area contributed by atoms with Crippen LogP contribution in [-0.4, -0.2) is 62.4 Å². The minimum atomic E-state index is -4.00. The maximum absolute atomic E-state index is 14.3. The standard InChI is InChI=1S/C19H27FN2O4S/c1-14(2)7-8-22(16-4-5-16)19(23)15-3-6-17(20)18(13-15)27(24,25)21-9-11-26-12-10-21/h3,6,13-14,16H,4-5,7-12H2,1-2H3. The molecule has 150 valence electrons. The van der Waals surface area contributed by atoms with Gasteiger partial charge in [-0.15, -0.1) is 0 Å². The molecule has 0 aromatic heterocycles. The van der Waals surface area contributed by atoms with Gasteiger partial charge in [-0.3, -0.25) is 4.79 Å². The van der Waals surface area contributed by atoms with Crippen molar-refractivity contribution in [1.29, 1.82) is 0 Å². The Bertz CT molecular complexity index is 787. The number of ether oxygens (including phenoxy) is 1. The quantitative estimate of drug-likeness (QED) is 0.708. The molecule has 1 saturated heterocycles. The van der Waals surface area contributed by atoms with Crippen LogP contribution < -0.4 is 0 Å². The monoisotopic (exact) mass is 398 g/mol. The number of morpholine rings is 1. The van der Waals surface area contributed by atoms with Crippen LogP contribution in [0.3, 0.4) is 0 Å². The second kappa shape index (κ2) is 8.24. The van der Waals surface area contributed by atoms with Gasteiger partial charge in [-0.2, -0.15) is 4.31 Å². The Balaban J connectivity index is 1.86. The Kier molecular flexibility index (Phi) is 6.18. The zero-order valence-electron chi connectivity index (χ0n) is 15.9. The smallest absolute Gasteiger partial charge is 0.254 e. The first-order chi connectivity index (χ1) is 12.8. The molecule has 1 heterocycles. The normalized spacial score (nSPS) is 18.7. The van der Waals surface area contributed by atoms with Crippen LogP contribution in [0.1, 0.15) is 43.5 Å². The third-order valence-corrected chi connectivity index (χ3v) is 6.88. The number of rotatable bonds is 7. The molecule has 1 saturated carbocycles. The summed E-state index contributed by atoms with van der Waals surface area (Å²) < 4.78 is 46.4. The molecule has 8 heteroatoms. The minimum Gasteiger partial charge on any atom is -0.379 e. The van der Waals surface area contributed by atoms with Gasteiger partial charge in [0.2, 0.25) is 10.0 Å². The molecule has 0 bridgehead atoms. The van der Waals surface area contributed by atoms with E-state index in [9.17, 15) is 17.6 Å². The van der Waals surface area contributed by atoms with Crippen LogP contribution in [0, 0.1) is 11.7 Å². The SMILES string of the molecule is CC(C)CCN(C(=O)c1ccc(F)c(S(=O)(=O)N2CCOCC2)c1)C1CC1. The van der Waals surface area contributed by atoms with Crippen molar-refractivity contribution in [2.75, 3.05) is 32.8 Å². The van der Waals surface area contributed by atoms with Crippen molar-refractivity contribution in [2.45, 2.75) is 44.0 Å². The van der Waals surface area contributed by atoms with Gasteiger partial charge in [-0.05, 0) is 43.4 Å². The number of nitrogens with zero attached hydrogens (tertiary/aromatic N) is 2. The molecular formula is C19H27FN2O4S. The zero-order valence-corrected chi connectivity index (χ0v) is 16.7. The van der Waals surface area contributed by atoms with Gasteiger partial charge in [-0.1, -0.05) is 13.8 Å². The van der Waals surface area contributed by atoms with Gasteiger partial charge < -0.3 is 9.64 Å². The number of sulfonamides is 1. The summed E-state index contributed by atoms with van der Waals surface area (Å²) in [7, 11) is -4.00. The topological polar surface area (TPSA) is 66.9 Å². The van der Waals surface area contributed by atoms with E-state index in [4.69, 9.17) is 4.74 Å². The van der Waals surface area contributed by atoms with Crippen LogP contribution in [-0.2, 0) is 14.8 Å². The van der Waals surface area contributed by atoms with Crippen LogP contribution in [0.2, 0.25) is 0 Å². The fourth-order valence-electron chi connectivity index (χ4n) is 3.16. The third kappa shape index (κ3) is 4.67. The molecular weight excluding hydrogens is 371 g/mol. The summed E-state index contributed by atoms with van der Waals surface area (Å²) in [6.07, 6.45) is 2.80. The number of hydrogen-bond donors (Lipinski definition) is 0. The second-order valence-electron chi connectivity index (χ2n) is 7.57. The van der Waals surface area contributed by atoms with Gasteiger partial charge in [0.05, 0.1) is 13.2 Å². The van der Waals surface area contributed by atoms with E-state index in [1.54, 1.807) is 4.90 Å². The zero-order chi connectivity index (χ0) is 19.6. The Morgan fingerprint density at radius 2 is 1.96 bits per heavy atom. The van der Waals surface area contributed by atoms with Crippen LogP contribution in [0.15, 0.2) is 23.1 Å². The molecule has 1 aromatic rings. The van der Waals surface area contributed by atoms with Gasteiger partial charge >= 0.3 is 0 Å². The third-order valence-electron chi connectivity index (χ3n) is 4.96. The maximum atomic E-state index is 14.3. The van der Waals surface area contributed by atoms with Gasteiger partial charge in [0.15, 0.2) is 0 Å². The van der Waals surface area contributed by atoms with Crippen LogP contribution in [0.25, 0.3) is 0 Å². The summed E-state index contributed by atoms with van der Waals surface area (Å²) in [6.45, 7) is 5.75. The second-order valence-corrected chi connectivity index (χ2v) is 9.48. The Morgan fingerprint density at radius 3 is 2.56 bits per heavy atom. The van der Waals surface area contributed by atoms with Crippen molar-refractivity contribution >= 4 is 15.9 Å². The summed E-state index contributed by atoms with van der Waals surface area (Å²) in [5.74, 6) is -0.598. The number of halogens is 1. The molecule has 2 fully saturated rings. The van der Waals surface area contributed by atoms with Gasteiger partial charge in [0.1, 0.15) is 10.7 Å². The highest BCUT2D eigenvalue weighted by Crippen LogP contribution is 2.30. The number of carbonyl (C=O) groups excluding carboxylic acids is 1. The molecule has 0 N–H and O–H groups in total. The maximum Gasteiger partial charge on any atom is 0.254 e. The van der Waals surface area contributed by atoms with E-state index < -0.39 is 20.7 Å². The molecule has 6 nitrogen and oxygen atoms in total. The fourth-order valence-corrected chi connectivity index (χ4v) is 4.66. The number of hydrogen-bond acceptors (Lipinski definition) is 4. The first-order valence-electron chi connectivity index (χ1n) is 9.49. The largest absolute Gasteiger partial charge is 0.379 e. The van der Waals surface area contributed by atoms with Crippen molar-refractivity contribution in [3.8, 4) is 0 Å². The summed E-state index contributed by atoms with van der Waals surface area (Å²) in [4.78, 5) is 14.3. The highest BCUT2D eigenvalue weighted by molar-refractivity contribution is 7.89. The Labute approximate surface area is 160 Å². The lowest BCUT2D eigenvalue weighted by atomic mass is 10.1. The first-order valence-corrected chi connectivity index (χ1v) is 10.9. The average molecular weight is 399 g/mol. The van der Waals surface area contributed by atoms with Crippen LogP contribution in [0.5, 0.6) is 0 Å². The lowest BCUT2D eigenvalue weighted by molar-refractivity contribution is 0.0726. The average Bonchev–Trinajstić information content (AvgIpc) is 3.47. The highest BCUT2D eigenvalue weighted by atomic mass is 32.2. The summed E-state index contributed by atoms with van der Waals surface area (Å²) in [5.41, 5.74) is 0.221. The lowest BCUT2D eigenvalue weighted by Crippen LogP contribution is -2.41. The molecule has 1 aliphatic carbocycles. The molecule has 1 amide bonds. The van der Waals surface area contributed by atoms with Crippen molar-refractivity contribution in [2.24, 2.45) is 5.92 Å². The van der Waals surface area contributed by atoms with E-state index in [1.165, 1.54) is 16.4 Å². The molecule has 2 aliphatic rings. The van der Waals surface area contributed by atoms with E-state index in [0.717, 1.165) is 25.3 Å². The van der Waals surface area contributed by atoms with Crippen molar-refractivity contribution in [3.63, 3.8) is 0 Å². The molecule has 0 spiro atoms. The van der Waals surface area contributed by atoms with E-state index in [1.807, 2.05) is 0 Å². The summed E-state index contributed by atoms with van der Waals surface area (Å²) in [5, 5.41) is 0. The summed E-state index contributed by atoms with van der Waals surface area (Å²) in [6, 6.07) is 3.85. The van der Waals surface area contributed by atoms with E-state index >= 15 is 0 Å². The molecule has 27 heavy (non-hydrogen) atoms. The number of amides is 1. The minimum absolute atomic E-state index is 0.183. The van der Waals surface area contributed by atoms with E-state index in [-0.39, 0.29) is 43.8 Å². The van der Waals surface area contributed by atoms with Crippen molar-refractivity contribution in [1.82, 2.24) is 9.21 Å². The highest BCUT2D eigenvalue weighted by Gasteiger charge is 2.34. The first kappa shape index (κ1) is 20.2. The van der Waals surface area contributed by atoms with Gasteiger partial charge in [0.25, 0.3) is 5.91 Å². The molecule has 0 unspecified atom stereocenters. The summed E-state index contributed by atoms with van der Waals surface area (Å²) >= 11 is 0. The fraction of sp³-hybridized carbons (Fsp3) is 0.632. The Morgan fingerprint density at radius 1 is 1.30 bits per heavy atom. The molecule has 1 aromatic carbocycles. The van der Waals surface area contributed by atoms with Crippen molar-refractivity contribution in [3.05, 3.63) is 29.6 Å². The molecule has 3 rings (SSSR count). The van der Waals surface area contributed by atoms with Crippen LogP contribution >= 0.6 is 0 Å².